The number of nitrogens with zero attached hydrogens (tertiary/aromatic N) is 3. The van der Waals surface area contributed by atoms with Crippen molar-refractivity contribution in [3.8, 4) is 0 Å². The number of rotatable bonds is 2. The fourth-order valence-corrected chi connectivity index (χ4v) is 2.05. The molecule has 2 rings (SSSR count). The SMILES string of the molecule is Clc1ccc(N=C(C(Cl)Cl)n2cccn2)c(Cl)c1. The van der Waals surface area contributed by atoms with Gasteiger partial charge in [-0.2, -0.15) is 5.10 Å². The fraction of sp³-hybridized carbons (Fsp3) is 0.0909. The summed E-state index contributed by atoms with van der Waals surface area (Å²) < 4.78 is 1.48. The Balaban J connectivity index is 2.45. The van der Waals surface area contributed by atoms with E-state index in [1.165, 1.54) is 4.68 Å². The molecule has 1 heterocycles. The Morgan fingerprint density at radius 1 is 1.28 bits per heavy atom. The molecule has 0 aliphatic carbocycles. The summed E-state index contributed by atoms with van der Waals surface area (Å²) >= 11 is 23.6. The van der Waals surface area contributed by atoms with Crippen LogP contribution in [0, 0.1) is 0 Å². The van der Waals surface area contributed by atoms with Gasteiger partial charge in [0.05, 0.1) is 10.7 Å². The molecule has 1 aromatic carbocycles. The molecule has 0 amide bonds. The monoisotopic (exact) mass is 321 g/mol. The van der Waals surface area contributed by atoms with E-state index in [1.54, 1.807) is 36.7 Å². The van der Waals surface area contributed by atoms with Crippen LogP contribution < -0.4 is 0 Å². The first-order chi connectivity index (χ1) is 8.58. The Morgan fingerprint density at radius 2 is 2.06 bits per heavy atom. The first-order valence-corrected chi connectivity index (χ1v) is 6.52. The van der Waals surface area contributed by atoms with E-state index in [2.05, 4.69) is 10.1 Å². The second-order valence-corrected chi connectivity index (χ2v) is 5.26. The van der Waals surface area contributed by atoms with Crippen molar-refractivity contribution in [2.45, 2.75) is 4.84 Å². The predicted octanol–water partition coefficient (Wildman–Crippen LogP) is 4.57. The molecule has 0 saturated heterocycles. The zero-order chi connectivity index (χ0) is 13.1. The van der Waals surface area contributed by atoms with E-state index in [1.807, 2.05) is 0 Å². The van der Waals surface area contributed by atoms with E-state index >= 15 is 0 Å². The average Bonchev–Trinajstić information content (AvgIpc) is 2.80. The molecule has 18 heavy (non-hydrogen) atoms. The first-order valence-electron chi connectivity index (χ1n) is 4.89. The fourth-order valence-electron chi connectivity index (χ4n) is 1.30. The van der Waals surface area contributed by atoms with Crippen LogP contribution >= 0.6 is 46.4 Å². The van der Waals surface area contributed by atoms with Crippen LogP contribution in [0.15, 0.2) is 41.7 Å². The van der Waals surface area contributed by atoms with Gasteiger partial charge in [-0.1, -0.05) is 46.4 Å². The standard InChI is InChI=1S/C11H7Cl4N3/c12-7-2-3-9(8(13)6-7)17-11(10(14)15)18-5-1-4-16-18/h1-6,10H. The molecule has 0 spiro atoms. The van der Waals surface area contributed by atoms with Gasteiger partial charge in [-0.25, -0.2) is 9.67 Å². The molecule has 0 aliphatic heterocycles. The van der Waals surface area contributed by atoms with Crippen molar-refractivity contribution in [2.24, 2.45) is 4.99 Å². The van der Waals surface area contributed by atoms with Crippen molar-refractivity contribution in [1.29, 1.82) is 0 Å². The quantitative estimate of drug-likeness (QED) is 0.452. The van der Waals surface area contributed by atoms with Gasteiger partial charge in [0.1, 0.15) is 0 Å². The molecule has 2 aromatic rings. The van der Waals surface area contributed by atoms with Crippen LogP contribution in [0.3, 0.4) is 0 Å². The molecule has 1 aromatic heterocycles. The van der Waals surface area contributed by atoms with Crippen LogP contribution in [-0.2, 0) is 0 Å². The number of halogens is 4. The smallest absolute Gasteiger partial charge is 0.167 e. The predicted molar refractivity (Wildman–Crippen MR) is 76.7 cm³/mol. The summed E-state index contributed by atoms with van der Waals surface area (Å²) in [6.07, 6.45) is 3.30. The number of benzene rings is 1. The van der Waals surface area contributed by atoms with Crippen LogP contribution in [0.2, 0.25) is 10.0 Å². The molecule has 0 aliphatic rings. The minimum Gasteiger partial charge on any atom is -0.229 e. The summed E-state index contributed by atoms with van der Waals surface area (Å²) in [6.45, 7) is 0. The number of hydrogen-bond donors (Lipinski definition) is 0. The van der Waals surface area contributed by atoms with Gasteiger partial charge in [0.2, 0.25) is 0 Å². The van der Waals surface area contributed by atoms with E-state index in [0.717, 1.165) is 0 Å². The zero-order valence-electron chi connectivity index (χ0n) is 8.89. The highest BCUT2D eigenvalue weighted by Gasteiger charge is 2.13. The average molecular weight is 323 g/mol. The molecule has 0 bridgehead atoms. The van der Waals surface area contributed by atoms with Gasteiger partial charge in [0.25, 0.3) is 0 Å². The first kappa shape index (κ1) is 13.7. The molecule has 94 valence electrons. The molecule has 0 radical (unpaired) electrons. The lowest BCUT2D eigenvalue weighted by atomic mass is 10.3. The Kier molecular flexibility index (Phi) is 4.51. The molecular formula is C11H7Cl4N3. The van der Waals surface area contributed by atoms with Crippen LogP contribution in [0.1, 0.15) is 0 Å². The molecule has 0 unspecified atom stereocenters. The van der Waals surface area contributed by atoms with Crippen molar-refractivity contribution >= 4 is 57.9 Å². The Labute approximate surface area is 124 Å². The third-order valence-corrected chi connectivity index (χ3v) is 3.01. The molecule has 0 saturated carbocycles. The van der Waals surface area contributed by atoms with Crippen molar-refractivity contribution in [2.75, 3.05) is 0 Å². The van der Waals surface area contributed by atoms with Crippen molar-refractivity contribution in [3.05, 3.63) is 46.7 Å². The van der Waals surface area contributed by atoms with Crippen LogP contribution in [0.5, 0.6) is 0 Å². The number of aliphatic imine (C=N–C) groups is 1. The van der Waals surface area contributed by atoms with E-state index in [-0.39, 0.29) is 0 Å². The minimum atomic E-state index is -0.823. The zero-order valence-corrected chi connectivity index (χ0v) is 11.9. The molecule has 0 N–H and O–H groups in total. The number of aromatic nitrogens is 2. The van der Waals surface area contributed by atoms with E-state index in [9.17, 15) is 0 Å². The van der Waals surface area contributed by atoms with Crippen molar-refractivity contribution in [1.82, 2.24) is 9.78 Å². The van der Waals surface area contributed by atoms with E-state index in [0.29, 0.717) is 21.6 Å². The largest absolute Gasteiger partial charge is 0.229 e. The molecule has 0 atom stereocenters. The lowest BCUT2D eigenvalue weighted by molar-refractivity contribution is 0.922. The molecule has 0 fully saturated rings. The maximum atomic E-state index is 6.03. The van der Waals surface area contributed by atoms with Crippen molar-refractivity contribution in [3.63, 3.8) is 0 Å². The Morgan fingerprint density at radius 3 is 2.61 bits per heavy atom. The maximum absolute atomic E-state index is 6.03. The highest BCUT2D eigenvalue weighted by atomic mass is 35.5. The van der Waals surface area contributed by atoms with E-state index in [4.69, 9.17) is 46.4 Å². The van der Waals surface area contributed by atoms with Gasteiger partial charge in [-0.05, 0) is 24.3 Å². The van der Waals surface area contributed by atoms with Crippen LogP contribution in [-0.4, -0.2) is 20.5 Å². The van der Waals surface area contributed by atoms with Crippen molar-refractivity contribution < 1.29 is 0 Å². The van der Waals surface area contributed by atoms with E-state index < -0.39 is 4.84 Å². The van der Waals surface area contributed by atoms with Gasteiger partial charge < -0.3 is 0 Å². The summed E-state index contributed by atoms with van der Waals surface area (Å²) in [5.74, 6) is 0.368. The summed E-state index contributed by atoms with van der Waals surface area (Å²) in [6, 6.07) is 6.71. The third-order valence-electron chi connectivity index (χ3n) is 2.08. The van der Waals surface area contributed by atoms with Gasteiger partial charge in [-0.3, -0.25) is 0 Å². The third kappa shape index (κ3) is 3.18. The normalized spacial score (nSPS) is 12.2. The number of hydrogen-bond acceptors (Lipinski definition) is 2. The van der Waals surface area contributed by atoms with Crippen LogP contribution in [0.25, 0.3) is 0 Å². The minimum absolute atomic E-state index is 0.368. The highest BCUT2D eigenvalue weighted by molar-refractivity contribution is 6.54. The van der Waals surface area contributed by atoms with Crippen LogP contribution in [0.4, 0.5) is 5.69 Å². The van der Waals surface area contributed by atoms with Gasteiger partial charge in [0, 0.05) is 17.4 Å². The van der Waals surface area contributed by atoms with Gasteiger partial charge in [0.15, 0.2) is 10.7 Å². The topological polar surface area (TPSA) is 30.2 Å². The molecule has 7 heteroatoms. The van der Waals surface area contributed by atoms with Gasteiger partial charge >= 0.3 is 0 Å². The highest BCUT2D eigenvalue weighted by Crippen LogP contribution is 2.28. The second kappa shape index (κ2) is 5.93. The summed E-state index contributed by atoms with van der Waals surface area (Å²) in [7, 11) is 0. The summed E-state index contributed by atoms with van der Waals surface area (Å²) in [4.78, 5) is 3.48. The lowest BCUT2D eigenvalue weighted by Gasteiger charge is -2.08. The molecular weight excluding hydrogens is 316 g/mol. The Hall–Kier alpha value is -0.740. The number of alkyl halides is 2. The Bertz CT molecular complexity index is 564. The summed E-state index contributed by atoms with van der Waals surface area (Å²) in [5.41, 5.74) is 0.526. The molecule has 3 nitrogen and oxygen atoms in total. The van der Waals surface area contributed by atoms with Gasteiger partial charge in [-0.15, -0.1) is 0 Å². The lowest BCUT2D eigenvalue weighted by Crippen LogP contribution is -2.19. The second-order valence-electron chi connectivity index (χ2n) is 3.32. The maximum Gasteiger partial charge on any atom is 0.167 e. The summed E-state index contributed by atoms with van der Waals surface area (Å²) in [5, 5.41) is 4.98.